The average molecular weight is 406 g/mol. The standard InChI is InChI=1S/C25H22N6/c1-15-12-20(18-6-3-9-27-14-18)29-21-13-17(7-8-19(15)21)22-23-24(26)28-10-11-31(23)25(30-22)16-4-2-5-16/h3,6-14,16H,2,4-5H2,1H3,(H2,26,28). The molecule has 0 atom stereocenters. The van der Waals surface area contributed by atoms with Gasteiger partial charge in [0, 0.05) is 47.2 Å². The summed E-state index contributed by atoms with van der Waals surface area (Å²) in [5, 5.41) is 1.13. The van der Waals surface area contributed by atoms with E-state index < -0.39 is 0 Å². The molecule has 31 heavy (non-hydrogen) atoms. The van der Waals surface area contributed by atoms with Gasteiger partial charge in [0.15, 0.2) is 0 Å². The predicted octanol–water partition coefficient (Wildman–Crippen LogP) is 5.16. The Morgan fingerprint density at radius 2 is 1.94 bits per heavy atom. The van der Waals surface area contributed by atoms with Gasteiger partial charge in [-0.3, -0.25) is 9.38 Å². The number of nitrogen functional groups attached to an aromatic ring is 1. The Morgan fingerprint density at radius 3 is 2.71 bits per heavy atom. The van der Waals surface area contributed by atoms with Crippen molar-refractivity contribution in [1.82, 2.24) is 24.3 Å². The van der Waals surface area contributed by atoms with Gasteiger partial charge in [-0.25, -0.2) is 15.0 Å². The van der Waals surface area contributed by atoms with E-state index in [1.54, 1.807) is 12.4 Å². The Hall–Kier alpha value is -3.80. The quantitative estimate of drug-likeness (QED) is 0.447. The second-order valence-corrected chi connectivity index (χ2v) is 8.28. The molecule has 0 spiro atoms. The van der Waals surface area contributed by atoms with E-state index in [1.807, 2.05) is 24.5 Å². The van der Waals surface area contributed by atoms with E-state index in [0.29, 0.717) is 11.7 Å². The van der Waals surface area contributed by atoms with Crippen molar-refractivity contribution in [2.24, 2.45) is 0 Å². The van der Waals surface area contributed by atoms with Crippen molar-refractivity contribution in [2.75, 3.05) is 5.73 Å². The van der Waals surface area contributed by atoms with Gasteiger partial charge in [-0.2, -0.15) is 0 Å². The number of fused-ring (bicyclic) bond motifs is 2. The molecule has 0 unspecified atom stereocenters. The van der Waals surface area contributed by atoms with E-state index in [-0.39, 0.29) is 0 Å². The van der Waals surface area contributed by atoms with Gasteiger partial charge in [-0.15, -0.1) is 0 Å². The molecule has 0 amide bonds. The van der Waals surface area contributed by atoms with E-state index in [2.05, 4.69) is 45.6 Å². The van der Waals surface area contributed by atoms with E-state index in [4.69, 9.17) is 15.7 Å². The molecule has 6 nitrogen and oxygen atoms in total. The molecule has 1 aromatic carbocycles. The largest absolute Gasteiger partial charge is 0.382 e. The fourth-order valence-corrected chi connectivity index (χ4v) is 4.45. The Balaban J connectivity index is 1.56. The van der Waals surface area contributed by atoms with Gasteiger partial charge in [0.25, 0.3) is 0 Å². The van der Waals surface area contributed by atoms with Crippen molar-refractivity contribution < 1.29 is 0 Å². The van der Waals surface area contributed by atoms with Gasteiger partial charge in [0.05, 0.1) is 11.2 Å². The third kappa shape index (κ3) is 2.86. The summed E-state index contributed by atoms with van der Waals surface area (Å²) >= 11 is 0. The van der Waals surface area contributed by atoms with Gasteiger partial charge in [-0.1, -0.05) is 18.6 Å². The monoisotopic (exact) mass is 406 g/mol. The highest BCUT2D eigenvalue weighted by Crippen LogP contribution is 2.39. The lowest BCUT2D eigenvalue weighted by atomic mass is 9.85. The molecule has 2 N–H and O–H groups in total. The Labute approximate surface area is 179 Å². The highest BCUT2D eigenvalue weighted by Gasteiger charge is 2.27. The summed E-state index contributed by atoms with van der Waals surface area (Å²) in [6.07, 6.45) is 10.9. The van der Waals surface area contributed by atoms with Crippen LogP contribution in [0.1, 0.15) is 36.6 Å². The minimum atomic E-state index is 0.487. The van der Waals surface area contributed by atoms with Gasteiger partial charge < -0.3 is 5.73 Å². The zero-order chi connectivity index (χ0) is 20.9. The molecule has 6 heteroatoms. The maximum absolute atomic E-state index is 6.31. The van der Waals surface area contributed by atoms with Crippen LogP contribution in [-0.4, -0.2) is 24.3 Å². The molecule has 1 fully saturated rings. The van der Waals surface area contributed by atoms with Crippen LogP contribution >= 0.6 is 0 Å². The van der Waals surface area contributed by atoms with Crippen LogP contribution in [-0.2, 0) is 0 Å². The molecule has 0 saturated heterocycles. The van der Waals surface area contributed by atoms with Crippen molar-refractivity contribution in [2.45, 2.75) is 32.1 Å². The summed E-state index contributed by atoms with van der Waals surface area (Å²) in [6, 6.07) is 12.4. The fraction of sp³-hybridized carbons (Fsp3) is 0.200. The highest BCUT2D eigenvalue weighted by atomic mass is 15.1. The highest BCUT2D eigenvalue weighted by molar-refractivity contribution is 5.92. The number of imidazole rings is 1. The second-order valence-electron chi connectivity index (χ2n) is 8.28. The van der Waals surface area contributed by atoms with E-state index in [0.717, 1.165) is 44.8 Å². The van der Waals surface area contributed by atoms with Gasteiger partial charge in [0.2, 0.25) is 0 Å². The molecule has 6 rings (SSSR count). The van der Waals surface area contributed by atoms with Gasteiger partial charge in [0.1, 0.15) is 22.9 Å². The molecule has 4 heterocycles. The van der Waals surface area contributed by atoms with Gasteiger partial charge >= 0.3 is 0 Å². The zero-order valence-corrected chi connectivity index (χ0v) is 17.3. The molecule has 152 valence electrons. The van der Waals surface area contributed by atoms with Crippen LogP contribution in [0.4, 0.5) is 5.82 Å². The van der Waals surface area contributed by atoms with E-state index in [9.17, 15) is 0 Å². The lowest BCUT2D eigenvalue weighted by Crippen LogP contribution is -2.12. The molecule has 0 radical (unpaired) electrons. The Bertz CT molecular complexity index is 1430. The lowest BCUT2D eigenvalue weighted by Gasteiger charge is -2.23. The summed E-state index contributed by atoms with van der Waals surface area (Å²) < 4.78 is 2.12. The first-order valence-corrected chi connectivity index (χ1v) is 10.6. The minimum absolute atomic E-state index is 0.487. The maximum atomic E-state index is 6.31. The smallest absolute Gasteiger partial charge is 0.150 e. The molecule has 1 aliphatic rings. The van der Waals surface area contributed by atoms with Crippen molar-refractivity contribution >= 4 is 22.2 Å². The van der Waals surface area contributed by atoms with Crippen molar-refractivity contribution in [3.05, 3.63) is 72.6 Å². The first kappa shape index (κ1) is 18.0. The molecule has 4 aromatic heterocycles. The van der Waals surface area contributed by atoms with Crippen LogP contribution in [0.15, 0.2) is 61.2 Å². The number of anilines is 1. The molecule has 0 aliphatic heterocycles. The molecular weight excluding hydrogens is 384 g/mol. The number of aryl methyl sites for hydroxylation is 1. The van der Waals surface area contributed by atoms with Crippen LogP contribution in [0.25, 0.3) is 38.9 Å². The van der Waals surface area contributed by atoms with Crippen molar-refractivity contribution in [3.63, 3.8) is 0 Å². The molecule has 1 saturated carbocycles. The van der Waals surface area contributed by atoms with Crippen LogP contribution in [0.2, 0.25) is 0 Å². The number of nitrogens with two attached hydrogens (primary N) is 1. The first-order valence-electron chi connectivity index (χ1n) is 10.6. The summed E-state index contributed by atoms with van der Waals surface area (Å²) in [7, 11) is 0. The lowest BCUT2D eigenvalue weighted by molar-refractivity contribution is 0.400. The first-order chi connectivity index (χ1) is 15.2. The van der Waals surface area contributed by atoms with Crippen molar-refractivity contribution in [3.8, 4) is 22.5 Å². The second kappa shape index (κ2) is 6.87. The topological polar surface area (TPSA) is 82.0 Å². The summed E-state index contributed by atoms with van der Waals surface area (Å²) in [4.78, 5) is 18.6. The Morgan fingerprint density at radius 1 is 1.03 bits per heavy atom. The normalized spacial score (nSPS) is 14.2. The molecule has 5 aromatic rings. The summed E-state index contributed by atoms with van der Waals surface area (Å²) in [5.41, 5.74) is 13.1. The number of nitrogens with zero attached hydrogens (tertiary/aromatic N) is 5. The number of benzene rings is 1. The number of hydrogen-bond donors (Lipinski definition) is 1. The maximum Gasteiger partial charge on any atom is 0.150 e. The molecular formula is C25H22N6. The number of rotatable bonds is 3. The zero-order valence-electron chi connectivity index (χ0n) is 17.3. The summed E-state index contributed by atoms with van der Waals surface area (Å²) in [6.45, 7) is 2.12. The van der Waals surface area contributed by atoms with Crippen LogP contribution < -0.4 is 5.73 Å². The van der Waals surface area contributed by atoms with E-state index >= 15 is 0 Å². The summed E-state index contributed by atoms with van der Waals surface area (Å²) in [5.74, 6) is 2.07. The third-order valence-corrected chi connectivity index (χ3v) is 6.33. The fourth-order valence-electron chi connectivity index (χ4n) is 4.45. The van der Waals surface area contributed by atoms with Crippen LogP contribution in [0.3, 0.4) is 0 Å². The van der Waals surface area contributed by atoms with E-state index in [1.165, 1.54) is 24.8 Å². The molecule has 1 aliphatic carbocycles. The number of pyridine rings is 2. The van der Waals surface area contributed by atoms with Crippen LogP contribution in [0, 0.1) is 6.92 Å². The van der Waals surface area contributed by atoms with Gasteiger partial charge in [-0.05, 0) is 49.6 Å². The Kier molecular flexibility index (Phi) is 3.99. The SMILES string of the molecule is Cc1cc(-c2cccnc2)nc2cc(-c3nc(C4CCC4)n4ccnc(N)c34)ccc12. The van der Waals surface area contributed by atoms with Crippen molar-refractivity contribution in [1.29, 1.82) is 0 Å². The number of hydrogen-bond acceptors (Lipinski definition) is 5. The predicted molar refractivity (Wildman–Crippen MR) is 123 cm³/mol. The molecule has 0 bridgehead atoms. The minimum Gasteiger partial charge on any atom is -0.382 e. The third-order valence-electron chi connectivity index (χ3n) is 6.33. The number of aromatic nitrogens is 5. The van der Waals surface area contributed by atoms with Crippen LogP contribution in [0.5, 0.6) is 0 Å². The average Bonchev–Trinajstić information content (AvgIpc) is 3.13.